The van der Waals surface area contributed by atoms with Crippen LogP contribution in [0.4, 0.5) is 5.69 Å². The number of nitro groups is 1. The number of ether oxygens (including phenoxy) is 1. The molecule has 6 heteroatoms. The number of benzene rings is 1. The molecule has 1 N–H and O–H groups in total. The molecule has 1 aromatic carbocycles. The Morgan fingerprint density at radius 2 is 2.19 bits per heavy atom. The van der Waals surface area contributed by atoms with Crippen molar-refractivity contribution in [3.8, 4) is 5.75 Å². The first-order chi connectivity index (χ1) is 9.87. The number of amides is 1. The van der Waals surface area contributed by atoms with Crippen LogP contribution >= 0.6 is 0 Å². The zero-order valence-electron chi connectivity index (χ0n) is 12.3. The van der Waals surface area contributed by atoms with Gasteiger partial charge in [0.25, 0.3) is 5.91 Å². The van der Waals surface area contributed by atoms with Crippen molar-refractivity contribution in [1.82, 2.24) is 5.32 Å². The van der Waals surface area contributed by atoms with Crippen LogP contribution in [-0.4, -0.2) is 23.5 Å². The minimum atomic E-state index is -0.521. The molecule has 21 heavy (non-hydrogen) atoms. The highest BCUT2D eigenvalue weighted by molar-refractivity contribution is 5.78. The molecule has 114 valence electrons. The molecule has 2 rings (SSSR count). The van der Waals surface area contributed by atoms with E-state index in [1.54, 1.807) is 12.1 Å². The second-order valence-corrected chi connectivity index (χ2v) is 6.18. The van der Waals surface area contributed by atoms with Crippen LogP contribution in [0.1, 0.15) is 33.1 Å². The summed E-state index contributed by atoms with van der Waals surface area (Å²) in [6, 6.07) is 6.21. The van der Waals surface area contributed by atoms with E-state index in [1.807, 2.05) is 0 Å². The van der Waals surface area contributed by atoms with Crippen LogP contribution in [0.25, 0.3) is 0 Å². The maximum absolute atomic E-state index is 11.9. The summed E-state index contributed by atoms with van der Waals surface area (Å²) in [5, 5.41) is 13.8. The van der Waals surface area contributed by atoms with Gasteiger partial charge < -0.3 is 10.1 Å². The first-order valence-electron chi connectivity index (χ1n) is 7.03. The SMILES string of the molecule is CC1(C)CCC(NC(=O)COc2ccccc2[N+](=O)[O-])C1. The predicted molar refractivity (Wildman–Crippen MR) is 78.2 cm³/mol. The smallest absolute Gasteiger partial charge is 0.310 e. The van der Waals surface area contributed by atoms with Crippen LogP contribution < -0.4 is 10.1 Å². The fourth-order valence-corrected chi connectivity index (χ4v) is 2.70. The van der Waals surface area contributed by atoms with Gasteiger partial charge >= 0.3 is 5.69 Å². The molecule has 0 spiro atoms. The van der Waals surface area contributed by atoms with E-state index in [0.29, 0.717) is 0 Å². The van der Waals surface area contributed by atoms with Crippen molar-refractivity contribution < 1.29 is 14.5 Å². The first-order valence-corrected chi connectivity index (χ1v) is 7.03. The van der Waals surface area contributed by atoms with E-state index in [9.17, 15) is 14.9 Å². The average molecular weight is 292 g/mol. The topological polar surface area (TPSA) is 81.5 Å². The van der Waals surface area contributed by atoms with E-state index in [1.165, 1.54) is 12.1 Å². The van der Waals surface area contributed by atoms with Gasteiger partial charge in [-0.25, -0.2) is 0 Å². The summed E-state index contributed by atoms with van der Waals surface area (Å²) >= 11 is 0. The van der Waals surface area contributed by atoms with Crippen molar-refractivity contribution in [2.45, 2.75) is 39.2 Å². The van der Waals surface area contributed by atoms with Gasteiger partial charge in [-0.2, -0.15) is 0 Å². The summed E-state index contributed by atoms with van der Waals surface area (Å²) in [5.74, 6) is -0.125. The Kier molecular flexibility index (Phi) is 4.45. The molecule has 0 radical (unpaired) electrons. The zero-order valence-corrected chi connectivity index (χ0v) is 12.3. The van der Waals surface area contributed by atoms with Crippen LogP contribution in [0.2, 0.25) is 0 Å². The number of para-hydroxylation sites is 2. The van der Waals surface area contributed by atoms with Gasteiger partial charge in [-0.15, -0.1) is 0 Å². The number of nitro benzene ring substituents is 1. The van der Waals surface area contributed by atoms with Gasteiger partial charge in [0.2, 0.25) is 0 Å². The molecule has 0 heterocycles. The van der Waals surface area contributed by atoms with Gasteiger partial charge in [0.05, 0.1) is 4.92 Å². The molecular weight excluding hydrogens is 272 g/mol. The van der Waals surface area contributed by atoms with E-state index in [-0.39, 0.29) is 35.4 Å². The lowest BCUT2D eigenvalue weighted by atomic mass is 9.92. The molecule has 0 aliphatic heterocycles. The van der Waals surface area contributed by atoms with Gasteiger partial charge in [-0.1, -0.05) is 26.0 Å². The molecular formula is C15H20N2O4. The number of carbonyl (C=O) groups is 1. The minimum Gasteiger partial charge on any atom is -0.477 e. The van der Waals surface area contributed by atoms with E-state index >= 15 is 0 Å². The van der Waals surface area contributed by atoms with Crippen molar-refractivity contribution in [1.29, 1.82) is 0 Å². The number of rotatable bonds is 5. The molecule has 0 bridgehead atoms. The third kappa shape index (κ3) is 4.18. The van der Waals surface area contributed by atoms with Crippen molar-refractivity contribution in [3.63, 3.8) is 0 Å². The minimum absolute atomic E-state index is 0.115. The quantitative estimate of drug-likeness (QED) is 0.668. The summed E-state index contributed by atoms with van der Waals surface area (Å²) in [5.41, 5.74) is 0.129. The summed E-state index contributed by atoms with van der Waals surface area (Å²) in [6.07, 6.45) is 3.00. The molecule has 1 unspecified atom stereocenters. The Labute approximate surface area is 123 Å². The second kappa shape index (κ2) is 6.11. The van der Waals surface area contributed by atoms with Crippen LogP contribution in [-0.2, 0) is 4.79 Å². The second-order valence-electron chi connectivity index (χ2n) is 6.18. The number of hydrogen-bond donors (Lipinski definition) is 1. The van der Waals surface area contributed by atoms with E-state index in [2.05, 4.69) is 19.2 Å². The molecule has 0 saturated heterocycles. The van der Waals surface area contributed by atoms with Crippen molar-refractivity contribution >= 4 is 11.6 Å². The van der Waals surface area contributed by atoms with E-state index in [0.717, 1.165) is 19.3 Å². The molecule has 1 amide bonds. The Hall–Kier alpha value is -2.11. The first kappa shape index (κ1) is 15.3. The molecule has 1 aromatic rings. The summed E-state index contributed by atoms with van der Waals surface area (Å²) in [4.78, 5) is 22.2. The van der Waals surface area contributed by atoms with Crippen LogP contribution in [0.3, 0.4) is 0 Å². The summed E-state index contributed by atoms with van der Waals surface area (Å²) in [6.45, 7) is 4.16. The number of nitrogens with zero attached hydrogens (tertiary/aromatic N) is 1. The largest absolute Gasteiger partial charge is 0.477 e. The predicted octanol–water partition coefficient (Wildman–Crippen LogP) is 2.67. The Balaban J connectivity index is 1.86. The average Bonchev–Trinajstić information content (AvgIpc) is 2.75. The third-order valence-corrected chi connectivity index (χ3v) is 3.75. The van der Waals surface area contributed by atoms with Gasteiger partial charge in [0, 0.05) is 12.1 Å². The fraction of sp³-hybridized carbons (Fsp3) is 0.533. The maximum atomic E-state index is 11.9. The molecule has 1 atom stereocenters. The highest BCUT2D eigenvalue weighted by Crippen LogP contribution is 2.36. The van der Waals surface area contributed by atoms with Crippen molar-refractivity contribution in [3.05, 3.63) is 34.4 Å². The lowest BCUT2D eigenvalue weighted by molar-refractivity contribution is -0.385. The lowest BCUT2D eigenvalue weighted by Gasteiger charge is -2.17. The van der Waals surface area contributed by atoms with Crippen LogP contribution in [0.15, 0.2) is 24.3 Å². The van der Waals surface area contributed by atoms with E-state index in [4.69, 9.17) is 4.74 Å². The highest BCUT2D eigenvalue weighted by Gasteiger charge is 2.31. The molecule has 0 aromatic heterocycles. The summed E-state index contributed by atoms with van der Waals surface area (Å²) in [7, 11) is 0. The van der Waals surface area contributed by atoms with Gasteiger partial charge in [0.1, 0.15) is 0 Å². The maximum Gasteiger partial charge on any atom is 0.310 e. The molecule has 1 fully saturated rings. The third-order valence-electron chi connectivity index (χ3n) is 3.75. The Morgan fingerprint density at radius 3 is 2.81 bits per heavy atom. The standard InChI is InChI=1S/C15H20N2O4/c1-15(2)8-7-11(9-15)16-14(18)10-21-13-6-4-3-5-12(13)17(19)20/h3-6,11H,7-10H2,1-2H3,(H,16,18). The number of carbonyl (C=O) groups excluding carboxylic acids is 1. The van der Waals surface area contributed by atoms with E-state index < -0.39 is 4.92 Å². The van der Waals surface area contributed by atoms with Gasteiger partial charge in [-0.3, -0.25) is 14.9 Å². The Bertz CT molecular complexity index is 542. The van der Waals surface area contributed by atoms with Crippen LogP contribution in [0.5, 0.6) is 5.75 Å². The van der Waals surface area contributed by atoms with Crippen LogP contribution in [0, 0.1) is 15.5 Å². The summed E-state index contributed by atoms with van der Waals surface area (Å²) < 4.78 is 5.27. The van der Waals surface area contributed by atoms with Gasteiger partial charge in [-0.05, 0) is 30.7 Å². The monoisotopic (exact) mass is 292 g/mol. The lowest BCUT2D eigenvalue weighted by Crippen LogP contribution is -2.36. The molecule has 1 aliphatic carbocycles. The fourth-order valence-electron chi connectivity index (χ4n) is 2.70. The normalized spacial score (nSPS) is 20.0. The number of hydrogen-bond acceptors (Lipinski definition) is 4. The van der Waals surface area contributed by atoms with Crippen molar-refractivity contribution in [2.75, 3.05) is 6.61 Å². The van der Waals surface area contributed by atoms with Crippen molar-refractivity contribution in [2.24, 2.45) is 5.41 Å². The Morgan fingerprint density at radius 1 is 1.48 bits per heavy atom. The van der Waals surface area contributed by atoms with Gasteiger partial charge in [0.15, 0.2) is 12.4 Å². The zero-order chi connectivity index (χ0) is 15.5. The number of nitrogens with one attached hydrogen (secondary N) is 1. The highest BCUT2D eigenvalue weighted by atomic mass is 16.6. The molecule has 1 saturated carbocycles. The molecule has 1 aliphatic rings. The molecule has 6 nitrogen and oxygen atoms in total.